The van der Waals surface area contributed by atoms with Gasteiger partial charge >= 0.3 is 0 Å². The average Bonchev–Trinajstić information content (AvgIpc) is 2.68. The van der Waals surface area contributed by atoms with E-state index in [2.05, 4.69) is 15.3 Å². The Kier molecular flexibility index (Phi) is 3.93. The van der Waals surface area contributed by atoms with Gasteiger partial charge in [-0.1, -0.05) is 12.1 Å². The molecule has 128 valence electrons. The number of nitrogens with zero attached hydrogens (tertiary/aromatic N) is 4. The molecule has 0 bridgehead atoms. The number of carbonyl (C=O) groups excluding carboxylic acids is 2. The third kappa shape index (κ3) is 2.98. The van der Waals surface area contributed by atoms with E-state index in [4.69, 9.17) is 4.74 Å². The molecule has 1 N–H and O–H groups in total. The standard InChI is InChI=1S/C17H17N5O3/c23-15-14(25-13-5-2-1-4-12(13)20-15)16(24)21-8-10-22(11-9-21)17-18-6-3-7-19-17/h1-7,14H,8-11H2,(H,20,23)/t14-/m1/s1. The number of para-hydroxylation sites is 2. The molecule has 1 atom stereocenters. The molecule has 0 spiro atoms. The maximum Gasteiger partial charge on any atom is 0.275 e. The Balaban J connectivity index is 1.42. The number of anilines is 2. The number of ether oxygens (including phenoxy) is 1. The molecule has 4 rings (SSSR count). The first-order valence-corrected chi connectivity index (χ1v) is 8.10. The summed E-state index contributed by atoms with van der Waals surface area (Å²) in [5, 5.41) is 2.72. The van der Waals surface area contributed by atoms with Crippen LogP contribution in [0, 0.1) is 0 Å². The van der Waals surface area contributed by atoms with Crippen LogP contribution in [0.15, 0.2) is 42.7 Å². The van der Waals surface area contributed by atoms with Crippen molar-refractivity contribution in [1.29, 1.82) is 0 Å². The summed E-state index contributed by atoms with van der Waals surface area (Å²) in [7, 11) is 0. The highest BCUT2D eigenvalue weighted by molar-refractivity contribution is 6.11. The van der Waals surface area contributed by atoms with Gasteiger partial charge in [-0.15, -0.1) is 0 Å². The normalized spacial score (nSPS) is 19.7. The van der Waals surface area contributed by atoms with Gasteiger partial charge in [0.05, 0.1) is 5.69 Å². The molecule has 0 aliphatic carbocycles. The summed E-state index contributed by atoms with van der Waals surface area (Å²) in [6, 6.07) is 8.85. The fourth-order valence-electron chi connectivity index (χ4n) is 2.96. The third-order valence-corrected chi connectivity index (χ3v) is 4.28. The van der Waals surface area contributed by atoms with E-state index < -0.39 is 12.0 Å². The monoisotopic (exact) mass is 339 g/mol. The van der Waals surface area contributed by atoms with Gasteiger partial charge in [0.1, 0.15) is 5.75 Å². The fraction of sp³-hybridized carbons (Fsp3) is 0.294. The molecule has 2 amide bonds. The summed E-state index contributed by atoms with van der Waals surface area (Å²) < 4.78 is 5.63. The lowest BCUT2D eigenvalue weighted by molar-refractivity contribution is -0.145. The van der Waals surface area contributed by atoms with Crippen molar-refractivity contribution in [2.75, 3.05) is 36.4 Å². The summed E-state index contributed by atoms with van der Waals surface area (Å²) in [5.74, 6) is 0.408. The Bertz CT molecular complexity index is 790. The second-order valence-electron chi connectivity index (χ2n) is 5.84. The highest BCUT2D eigenvalue weighted by Crippen LogP contribution is 2.29. The Morgan fingerprint density at radius 2 is 1.80 bits per heavy atom. The van der Waals surface area contributed by atoms with Gasteiger partial charge in [0, 0.05) is 38.6 Å². The average molecular weight is 339 g/mol. The quantitative estimate of drug-likeness (QED) is 0.803. The zero-order valence-corrected chi connectivity index (χ0v) is 13.5. The number of piperazine rings is 1. The van der Waals surface area contributed by atoms with E-state index in [0.717, 1.165) is 0 Å². The first-order chi connectivity index (χ1) is 12.2. The Labute approximate surface area is 144 Å². The summed E-state index contributed by atoms with van der Waals surface area (Å²) in [5.41, 5.74) is 0.586. The molecule has 1 saturated heterocycles. The first kappa shape index (κ1) is 15.4. The minimum Gasteiger partial charge on any atom is -0.468 e. The van der Waals surface area contributed by atoms with Crippen molar-refractivity contribution in [3.05, 3.63) is 42.7 Å². The van der Waals surface area contributed by atoms with Gasteiger partial charge in [0.15, 0.2) is 0 Å². The lowest BCUT2D eigenvalue weighted by atomic mass is 10.2. The van der Waals surface area contributed by atoms with Crippen LogP contribution < -0.4 is 15.0 Å². The number of rotatable bonds is 2. The highest BCUT2D eigenvalue weighted by atomic mass is 16.5. The van der Waals surface area contributed by atoms with E-state index in [9.17, 15) is 9.59 Å². The van der Waals surface area contributed by atoms with Crippen LogP contribution in [0.3, 0.4) is 0 Å². The maximum atomic E-state index is 12.7. The van der Waals surface area contributed by atoms with Crippen LogP contribution in [0.1, 0.15) is 0 Å². The molecule has 2 aliphatic heterocycles. The third-order valence-electron chi connectivity index (χ3n) is 4.28. The fourth-order valence-corrected chi connectivity index (χ4v) is 2.96. The van der Waals surface area contributed by atoms with Crippen LogP contribution >= 0.6 is 0 Å². The number of hydrogen-bond donors (Lipinski definition) is 1. The highest BCUT2D eigenvalue weighted by Gasteiger charge is 2.37. The molecule has 1 aromatic heterocycles. The predicted molar refractivity (Wildman–Crippen MR) is 90.3 cm³/mol. The van der Waals surface area contributed by atoms with Crippen LogP contribution in [0.2, 0.25) is 0 Å². The van der Waals surface area contributed by atoms with Crippen molar-refractivity contribution in [3.8, 4) is 5.75 Å². The topological polar surface area (TPSA) is 87.7 Å². The zero-order chi connectivity index (χ0) is 17.2. The number of benzene rings is 1. The lowest BCUT2D eigenvalue weighted by Crippen LogP contribution is -2.56. The molecule has 1 aromatic carbocycles. The minimum absolute atomic E-state index is 0.319. The van der Waals surface area contributed by atoms with Gasteiger partial charge in [0.25, 0.3) is 17.9 Å². The van der Waals surface area contributed by atoms with Crippen molar-refractivity contribution in [2.45, 2.75) is 6.10 Å². The van der Waals surface area contributed by atoms with Gasteiger partial charge in [-0.2, -0.15) is 0 Å². The van der Waals surface area contributed by atoms with Gasteiger partial charge < -0.3 is 19.9 Å². The van der Waals surface area contributed by atoms with Gasteiger partial charge in [-0.3, -0.25) is 9.59 Å². The number of aromatic nitrogens is 2. The molecule has 8 heteroatoms. The van der Waals surface area contributed by atoms with E-state index >= 15 is 0 Å². The van der Waals surface area contributed by atoms with E-state index in [1.54, 1.807) is 47.6 Å². The smallest absolute Gasteiger partial charge is 0.275 e. The summed E-state index contributed by atoms with van der Waals surface area (Å²) in [6.45, 7) is 2.21. The Morgan fingerprint density at radius 3 is 2.56 bits per heavy atom. The SMILES string of the molecule is O=C1Nc2ccccc2O[C@H]1C(=O)N1CCN(c2ncccn2)CC1. The number of fused-ring (bicyclic) bond motifs is 1. The molecule has 0 saturated carbocycles. The van der Waals surface area contributed by atoms with E-state index in [-0.39, 0.29) is 5.91 Å². The molecular weight excluding hydrogens is 322 g/mol. The van der Waals surface area contributed by atoms with Crippen LogP contribution in [-0.2, 0) is 9.59 Å². The van der Waals surface area contributed by atoms with Crippen molar-refractivity contribution < 1.29 is 14.3 Å². The molecule has 25 heavy (non-hydrogen) atoms. The second kappa shape index (κ2) is 6.39. The van der Waals surface area contributed by atoms with Crippen molar-refractivity contribution in [2.24, 2.45) is 0 Å². The first-order valence-electron chi connectivity index (χ1n) is 8.10. The van der Waals surface area contributed by atoms with E-state index in [1.807, 2.05) is 4.90 Å². The maximum absolute atomic E-state index is 12.7. The molecule has 2 aromatic rings. The molecule has 0 unspecified atom stereocenters. The van der Waals surface area contributed by atoms with Crippen LogP contribution in [0.5, 0.6) is 5.75 Å². The molecular formula is C17H17N5O3. The number of carbonyl (C=O) groups is 2. The van der Waals surface area contributed by atoms with Gasteiger partial charge in [0.2, 0.25) is 5.95 Å². The van der Waals surface area contributed by atoms with Gasteiger partial charge in [-0.05, 0) is 18.2 Å². The number of hydrogen-bond acceptors (Lipinski definition) is 6. The summed E-state index contributed by atoms with van der Waals surface area (Å²) in [4.78, 5) is 37.0. The summed E-state index contributed by atoms with van der Waals surface area (Å²) >= 11 is 0. The van der Waals surface area contributed by atoms with Crippen molar-refractivity contribution >= 4 is 23.5 Å². The zero-order valence-electron chi connectivity index (χ0n) is 13.5. The van der Waals surface area contributed by atoms with Crippen molar-refractivity contribution in [3.63, 3.8) is 0 Å². The predicted octanol–water partition coefficient (Wildman–Crippen LogP) is 0.525. The largest absolute Gasteiger partial charge is 0.468 e. The number of nitrogens with one attached hydrogen (secondary N) is 1. The van der Waals surface area contributed by atoms with Crippen LogP contribution in [-0.4, -0.2) is 59.0 Å². The molecule has 3 heterocycles. The Morgan fingerprint density at radius 1 is 1.08 bits per heavy atom. The van der Waals surface area contributed by atoms with Crippen LogP contribution in [0.4, 0.5) is 11.6 Å². The molecule has 0 radical (unpaired) electrons. The lowest BCUT2D eigenvalue weighted by Gasteiger charge is -2.36. The molecule has 8 nitrogen and oxygen atoms in total. The van der Waals surface area contributed by atoms with E-state index in [1.165, 1.54) is 0 Å². The molecule has 1 fully saturated rings. The molecule has 2 aliphatic rings. The van der Waals surface area contributed by atoms with Crippen LogP contribution in [0.25, 0.3) is 0 Å². The van der Waals surface area contributed by atoms with Gasteiger partial charge in [-0.25, -0.2) is 9.97 Å². The number of amides is 2. The summed E-state index contributed by atoms with van der Waals surface area (Å²) in [6.07, 6.45) is 2.24. The minimum atomic E-state index is -1.14. The van der Waals surface area contributed by atoms with Crippen molar-refractivity contribution in [1.82, 2.24) is 14.9 Å². The second-order valence-corrected chi connectivity index (χ2v) is 5.84. The Hall–Kier alpha value is -3.16. The van der Waals surface area contributed by atoms with E-state index in [0.29, 0.717) is 43.6 Å².